The third-order valence-corrected chi connectivity index (χ3v) is 7.24. The summed E-state index contributed by atoms with van der Waals surface area (Å²) >= 11 is 7.77. The van der Waals surface area contributed by atoms with Crippen LogP contribution in [0.15, 0.2) is 47.6 Å². The molecule has 6 rings (SSSR count). The molecule has 148 valence electrons. The monoisotopic (exact) mass is 438 g/mol. The van der Waals surface area contributed by atoms with Crippen LogP contribution < -0.4 is 0 Å². The fourth-order valence-corrected chi connectivity index (χ4v) is 5.70. The Kier molecular flexibility index (Phi) is 4.40. The Labute approximate surface area is 171 Å². The van der Waals surface area contributed by atoms with E-state index in [2.05, 4.69) is 15.5 Å². The molecule has 0 amide bonds. The molecule has 29 heavy (non-hydrogen) atoms. The molecule has 0 saturated carbocycles. The van der Waals surface area contributed by atoms with Crippen molar-refractivity contribution < 1.29 is 17.6 Å². The standard InChI is InChI=1S/C19H11ClF4N4S/c20-13-9-6-7-10(12-11(9)14(21)16(23)17(24)15(12)22)18(13)29-19-25-26-27-28(19)8-4-2-1-3-5-8/h1-7,9-10,13,18H/t9-,10+,13+,18+/m0/s1. The van der Waals surface area contributed by atoms with Gasteiger partial charge in [-0.2, -0.15) is 4.68 Å². The molecule has 2 bridgehead atoms. The fraction of sp³-hybridized carbons (Fsp3) is 0.211. The zero-order chi connectivity index (χ0) is 20.3. The molecule has 4 nitrogen and oxygen atoms in total. The molecule has 0 saturated heterocycles. The van der Waals surface area contributed by atoms with Gasteiger partial charge in [0.2, 0.25) is 5.16 Å². The lowest BCUT2D eigenvalue weighted by atomic mass is 9.70. The van der Waals surface area contributed by atoms with Gasteiger partial charge in [-0.3, -0.25) is 0 Å². The summed E-state index contributed by atoms with van der Waals surface area (Å²) in [6, 6.07) is 9.13. The summed E-state index contributed by atoms with van der Waals surface area (Å²) in [6.45, 7) is 0. The van der Waals surface area contributed by atoms with E-state index in [-0.39, 0.29) is 11.1 Å². The number of halogens is 5. The van der Waals surface area contributed by atoms with E-state index < -0.39 is 45.7 Å². The van der Waals surface area contributed by atoms with Crippen LogP contribution >= 0.6 is 23.4 Å². The first kappa shape index (κ1) is 18.6. The third-order valence-electron chi connectivity index (χ3n) is 5.23. The smallest absolute Gasteiger partial charge is 0.203 e. The average molecular weight is 439 g/mol. The van der Waals surface area contributed by atoms with Gasteiger partial charge < -0.3 is 0 Å². The van der Waals surface area contributed by atoms with Gasteiger partial charge in [-0.15, -0.1) is 16.7 Å². The van der Waals surface area contributed by atoms with Crippen LogP contribution in [0.5, 0.6) is 0 Å². The van der Waals surface area contributed by atoms with E-state index in [1.165, 1.54) is 16.4 Å². The second kappa shape index (κ2) is 6.84. The molecule has 0 fully saturated rings. The molecule has 0 unspecified atom stereocenters. The molecule has 1 heterocycles. The van der Waals surface area contributed by atoms with E-state index in [0.29, 0.717) is 10.8 Å². The highest BCUT2D eigenvalue weighted by Gasteiger charge is 2.49. The van der Waals surface area contributed by atoms with Crippen LogP contribution in [0.3, 0.4) is 0 Å². The largest absolute Gasteiger partial charge is 0.214 e. The maximum absolute atomic E-state index is 14.6. The number of tetrazole rings is 1. The Hall–Kier alpha value is -2.39. The van der Waals surface area contributed by atoms with E-state index in [9.17, 15) is 17.6 Å². The van der Waals surface area contributed by atoms with Crippen LogP contribution in [0.2, 0.25) is 0 Å². The number of allylic oxidation sites excluding steroid dienone is 2. The number of rotatable bonds is 3. The first-order valence-corrected chi connectivity index (χ1v) is 9.99. The molecule has 3 aromatic rings. The van der Waals surface area contributed by atoms with Crippen molar-refractivity contribution in [3.05, 3.63) is 76.9 Å². The predicted molar refractivity (Wildman–Crippen MR) is 99.3 cm³/mol. The minimum atomic E-state index is -1.82. The Balaban J connectivity index is 1.57. The lowest BCUT2D eigenvalue weighted by Crippen LogP contribution is -2.40. The SMILES string of the molecule is Fc1c(F)c(F)c2c(c1F)[C@H]1C=C[C@@H]2[C@@H](Cl)[C@@H]1Sc1nnnn1-c1ccccc1. The molecule has 3 aliphatic rings. The summed E-state index contributed by atoms with van der Waals surface area (Å²) in [6.07, 6.45) is 3.27. The highest BCUT2D eigenvalue weighted by atomic mass is 35.5. The number of hydrogen-bond acceptors (Lipinski definition) is 4. The number of hydrogen-bond donors (Lipinski definition) is 0. The quantitative estimate of drug-likeness (QED) is 0.195. The van der Waals surface area contributed by atoms with E-state index in [1.54, 1.807) is 12.2 Å². The maximum Gasteiger partial charge on any atom is 0.214 e. The Morgan fingerprint density at radius 1 is 0.862 bits per heavy atom. The summed E-state index contributed by atoms with van der Waals surface area (Å²) in [5.41, 5.74) is 0.309. The van der Waals surface area contributed by atoms with Gasteiger partial charge >= 0.3 is 0 Å². The zero-order valence-electron chi connectivity index (χ0n) is 14.4. The summed E-state index contributed by atoms with van der Waals surface area (Å²) in [4.78, 5) is 0. The van der Waals surface area contributed by atoms with Crippen molar-refractivity contribution in [1.29, 1.82) is 0 Å². The third kappa shape index (κ3) is 2.71. The molecule has 1 aromatic heterocycles. The number of nitrogens with zero attached hydrogens (tertiary/aromatic N) is 4. The van der Waals surface area contributed by atoms with E-state index in [0.717, 1.165) is 0 Å². The van der Waals surface area contributed by atoms with Gasteiger partial charge in [0, 0.05) is 28.2 Å². The van der Waals surface area contributed by atoms with Crippen molar-refractivity contribution in [1.82, 2.24) is 20.2 Å². The van der Waals surface area contributed by atoms with E-state index in [4.69, 9.17) is 11.6 Å². The van der Waals surface area contributed by atoms with Crippen LogP contribution in [0.1, 0.15) is 23.0 Å². The van der Waals surface area contributed by atoms with Crippen LogP contribution in [0.4, 0.5) is 17.6 Å². The molecule has 4 atom stereocenters. The maximum atomic E-state index is 14.6. The first-order chi connectivity index (χ1) is 14.0. The van der Waals surface area contributed by atoms with Crippen LogP contribution in [0.25, 0.3) is 5.69 Å². The fourth-order valence-electron chi connectivity index (χ4n) is 3.93. The van der Waals surface area contributed by atoms with Gasteiger partial charge in [-0.1, -0.05) is 42.1 Å². The summed E-state index contributed by atoms with van der Waals surface area (Å²) in [5, 5.41) is 10.9. The van der Waals surface area contributed by atoms with Crippen molar-refractivity contribution >= 4 is 23.4 Å². The van der Waals surface area contributed by atoms with Crippen molar-refractivity contribution in [2.75, 3.05) is 0 Å². The van der Waals surface area contributed by atoms with Gasteiger partial charge in [0.15, 0.2) is 23.3 Å². The van der Waals surface area contributed by atoms with E-state index >= 15 is 0 Å². The molecular weight excluding hydrogens is 428 g/mol. The van der Waals surface area contributed by atoms with Gasteiger partial charge in [-0.05, 0) is 22.6 Å². The van der Waals surface area contributed by atoms with Crippen LogP contribution in [0, 0.1) is 23.3 Å². The topological polar surface area (TPSA) is 43.6 Å². The molecule has 10 heteroatoms. The molecule has 0 radical (unpaired) electrons. The number of thioether (sulfide) groups is 1. The molecule has 0 spiro atoms. The summed E-state index contributed by atoms with van der Waals surface area (Å²) in [5.74, 6) is -7.95. The Morgan fingerprint density at radius 2 is 1.48 bits per heavy atom. The second-order valence-electron chi connectivity index (χ2n) is 6.76. The summed E-state index contributed by atoms with van der Waals surface area (Å²) in [7, 11) is 0. The number of fused-ring (bicyclic) bond motifs is 1. The number of para-hydroxylation sites is 1. The average Bonchev–Trinajstić information content (AvgIpc) is 3.21. The molecule has 0 aliphatic heterocycles. The van der Waals surface area contributed by atoms with E-state index in [1.807, 2.05) is 30.3 Å². The highest BCUT2D eigenvalue weighted by molar-refractivity contribution is 8.00. The minimum Gasteiger partial charge on any atom is -0.203 e. The minimum absolute atomic E-state index is 0.193. The van der Waals surface area contributed by atoms with Gasteiger partial charge in [0.1, 0.15) is 0 Å². The zero-order valence-corrected chi connectivity index (χ0v) is 16.0. The highest BCUT2D eigenvalue weighted by Crippen LogP contribution is 2.54. The first-order valence-electron chi connectivity index (χ1n) is 8.67. The normalized spacial score (nSPS) is 24.7. The van der Waals surface area contributed by atoms with Crippen LogP contribution in [-0.2, 0) is 0 Å². The number of aromatic nitrogens is 4. The molecule has 3 aliphatic carbocycles. The van der Waals surface area contributed by atoms with Crippen LogP contribution in [-0.4, -0.2) is 30.8 Å². The van der Waals surface area contributed by atoms with Crippen molar-refractivity contribution in [2.45, 2.75) is 27.6 Å². The lowest BCUT2D eigenvalue weighted by Gasteiger charge is -2.43. The van der Waals surface area contributed by atoms with Gasteiger partial charge in [0.25, 0.3) is 0 Å². The Bertz CT molecular complexity index is 1140. The molecular formula is C19H11ClF4N4S. The lowest BCUT2D eigenvalue weighted by molar-refractivity contribution is 0.381. The molecule has 0 N–H and O–H groups in total. The molecule has 2 aromatic carbocycles. The summed E-state index contributed by atoms with van der Waals surface area (Å²) < 4.78 is 58.2. The predicted octanol–water partition coefficient (Wildman–Crippen LogP) is 4.74. The van der Waals surface area contributed by atoms with Gasteiger partial charge in [-0.25, -0.2) is 17.6 Å². The van der Waals surface area contributed by atoms with Crippen molar-refractivity contribution in [2.24, 2.45) is 0 Å². The number of benzene rings is 2. The van der Waals surface area contributed by atoms with Crippen molar-refractivity contribution in [3.8, 4) is 5.69 Å². The van der Waals surface area contributed by atoms with Crippen molar-refractivity contribution in [3.63, 3.8) is 0 Å². The Morgan fingerprint density at radius 3 is 2.17 bits per heavy atom. The van der Waals surface area contributed by atoms with Gasteiger partial charge in [0.05, 0.1) is 11.1 Å². The second-order valence-corrected chi connectivity index (χ2v) is 8.40. The number of alkyl halides is 1.